The standard InChI is InChI=1S/C13H14FN3O4/c14-7-1-3-10(9(5-7)12(19)20)17-13(21)16-8-2-4-11(18)15-6-8/h1,3,5,8H,2,4,6H2,(H,15,18)(H,19,20)(H2,16,17,21). The molecule has 1 fully saturated rings. The average molecular weight is 295 g/mol. The van der Waals surface area contributed by atoms with E-state index in [4.69, 9.17) is 5.11 Å². The predicted molar refractivity (Wildman–Crippen MR) is 71.5 cm³/mol. The number of benzene rings is 1. The van der Waals surface area contributed by atoms with Crippen LogP contribution in [-0.2, 0) is 4.79 Å². The monoisotopic (exact) mass is 295 g/mol. The number of nitrogens with one attached hydrogen (secondary N) is 3. The predicted octanol–water partition coefficient (Wildman–Crippen LogP) is 0.924. The number of piperidine rings is 1. The smallest absolute Gasteiger partial charge is 0.337 e. The maximum absolute atomic E-state index is 13.0. The van der Waals surface area contributed by atoms with Crippen LogP contribution in [0, 0.1) is 5.82 Å². The number of carbonyl (C=O) groups excluding carboxylic acids is 2. The van der Waals surface area contributed by atoms with Gasteiger partial charge in [0.05, 0.1) is 11.3 Å². The fourth-order valence-electron chi connectivity index (χ4n) is 2.00. The summed E-state index contributed by atoms with van der Waals surface area (Å²) in [5, 5.41) is 16.6. The Hall–Kier alpha value is -2.64. The van der Waals surface area contributed by atoms with E-state index in [0.29, 0.717) is 19.4 Å². The molecule has 1 heterocycles. The first kappa shape index (κ1) is 14.8. The molecule has 1 atom stereocenters. The number of carboxylic acid groups (broad SMARTS) is 1. The maximum atomic E-state index is 13.0. The third-order valence-corrected chi connectivity index (χ3v) is 3.06. The van der Waals surface area contributed by atoms with Crippen molar-refractivity contribution in [3.05, 3.63) is 29.6 Å². The molecule has 3 amide bonds. The number of anilines is 1. The van der Waals surface area contributed by atoms with Gasteiger partial charge in [0.1, 0.15) is 5.82 Å². The highest BCUT2D eigenvalue weighted by Gasteiger charge is 2.20. The molecule has 7 nitrogen and oxygen atoms in total. The van der Waals surface area contributed by atoms with Crippen molar-refractivity contribution in [2.24, 2.45) is 0 Å². The Bertz CT molecular complexity index is 581. The lowest BCUT2D eigenvalue weighted by Crippen LogP contribution is -2.49. The van der Waals surface area contributed by atoms with Gasteiger partial charge in [-0.3, -0.25) is 4.79 Å². The Morgan fingerprint density at radius 3 is 2.76 bits per heavy atom. The van der Waals surface area contributed by atoms with Crippen LogP contribution in [0.1, 0.15) is 23.2 Å². The summed E-state index contributed by atoms with van der Waals surface area (Å²) in [7, 11) is 0. The third kappa shape index (κ3) is 3.91. The highest BCUT2D eigenvalue weighted by Crippen LogP contribution is 2.17. The first-order valence-electron chi connectivity index (χ1n) is 6.33. The molecule has 1 aliphatic heterocycles. The summed E-state index contributed by atoms with van der Waals surface area (Å²) in [5.41, 5.74) is -0.330. The number of rotatable bonds is 3. The molecule has 0 radical (unpaired) electrons. The van der Waals surface area contributed by atoms with Crippen LogP contribution >= 0.6 is 0 Å². The Morgan fingerprint density at radius 1 is 1.38 bits per heavy atom. The van der Waals surface area contributed by atoms with E-state index in [1.54, 1.807) is 0 Å². The molecular formula is C13H14FN3O4. The fourth-order valence-corrected chi connectivity index (χ4v) is 2.00. The zero-order chi connectivity index (χ0) is 15.4. The zero-order valence-corrected chi connectivity index (χ0v) is 11.0. The van der Waals surface area contributed by atoms with Gasteiger partial charge in [-0.15, -0.1) is 0 Å². The van der Waals surface area contributed by atoms with Crippen molar-refractivity contribution in [3.63, 3.8) is 0 Å². The lowest BCUT2D eigenvalue weighted by Gasteiger charge is -2.23. The Balaban J connectivity index is 1.99. The van der Waals surface area contributed by atoms with E-state index in [1.807, 2.05) is 0 Å². The number of aromatic carboxylic acids is 1. The molecule has 8 heteroatoms. The van der Waals surface area contributed by atoms with Crippen LogP contribution in [0.3, 0.4) is 0 Å². The number of carbonyl (C=O) groups is 3. The van der Waals surface area contributed by atoms with Gasteiger partial charge in [-0.1, -0.05) is 0 Å². The molecule has 21 heavy (non-hydrogen) atoms. The van der Waals surface area contributed by atoms with Gasteiger partial charge in [0.25, 0.3) is 0 Å². The highest BCUT2D eigenvalue weighted by atomic mass is 19.1. The van der Waals surface area contributed by atoms with E-state index < -0.39 is 17.8 Å². The number of carboxylic acids is 1. The highest BCUT2D eigenvalue weighted by molar-refractivity contribution is 6.00. The van der Waals surface area contributed by atoms with Crippen LogP contribution in [-0.4, -0.2) is 35.6 Å². The Morgan fingerprint density at radius 2 is 2.14 bits per heavy atom. The van der Waals surface area contributed by atoms with Crippen molar-refractivity contribution in [1.82, 2.24) is 10.6 Å². The Kier molecular flexibility index (Phi) is 4.36. The molecule has 112 valence electrons. The van der Waals surface area contributed by atoms with Crippen molar-refractivity contribution in [3.8, 4) is 0 Å². The molecule has 0 saturated carbocycles. The molecule has 1 aromatic carbocycles. The topological polar surface area (TPSA) is 108 Å². The first-order chi connectivity index (χ1) is 9.95. The summed E-state index contributed by atoms with van der Waals surface area (Å²) < 4.78 is 13.0. The van der Waals surface area contributed by atoms with Crippen molar-refractivity contribution in [2.75, 3.05) is 11.9 Å². The minimum atomic E-state index is -1.34. The molecule has 0 aromatic heterocycles. The minimum absolute atomic E-state index is 0.00115. The summed E-state index contributed by atoms with van der Waals surface area (Å²) >= 11 is 0. The van der Waals surface area contributed by atoms with Crippen molar-refractivity contribution >= 4 is 23.6 Å². The summed E-state index contributed by atoms with van der Waals surface area (Å²) in [5.74, 6) is -2.11. The molecule has 4 N–H and O–H groups in total. The van der Waals surface area contributed by atoms with Gasteiger partial charge in [-0.05, 0) is 24.6 Å². The van der Waals surface area contributed by atoms with Gasteiger partial charge in [0.15, 0.2) is 0 Å². The zero-order valence-electron chi connectivity index (χ0n) is 11.0. The van der Waals surface area contributed by atoms with Gasteiger partial charge in [0.2, 0.25) is 5.91 Å². The summed E-state index contributed by atoms with van der Waals surface area (Å²) in [6.45, 7) is 0.321. The van der Waals surface area contributed by atoms with Crippen LogP contribution in [0.15, 0.2) is 18.2 Å². The van der Waals surface area contributed by atoms with Crippen LogP contribution in [0.2, 0.25) is 0 Å². The molecule has 1 aromatic rings. The van der Waals surface area contributed by atoms with Gasteiger partial charge in [-0.2, -0.15) is 0 Å². The summed E-state index contributed by atoms with van der Waals surface area (Å²) in [4.78, 5) is 33.8. The van der Waals surface area contributed by atoms with Gasteiger partial charge in [-0.25, -0.2) is 14.0 Å². The van der Waals surface area contributed by atoms with Crippen molar-refractivity contribution < 1.29 is 23.9 Å². The second kappa shape index (κ2) is 6.21. The van der Waals surface area contributed by atoms with E-state index in [0.717, 1.165) is 12.1 Å². The SMILES string of the molecule is O=C1CCC(NC(=O)Nc2ccc(F)cc2C(=O)O)CN1. The van der Waals surface area contributed by atoms with Crippen LogP contribution in [0.4, 0.5) is 14.9 Å². The minimum Gasteiger partial charge on any atom is -0.478 e. The van der Waals surface area contributed by atoms with Crippen LogP contribution < -0.4 is 16.0 Å². The largest absolute Gasteiger partial charge is 0.478 e. The van der Waals surface area contributed by atoms with Gasteiger partial charge < -0.3 is 21.1 Å². The lowest BCUT2D eigenvalue weighted by molar-refractivity contribution is -0.122. The number of halogens is 1. The molecular weight excluding hydrogens is 281 g/mol. The molecule has 2 rings (SSSR count). The first-order valence-corrected chi connectivity index (χ1v) is 6.33. The van der Waals surface area contributed by atoms with E-state index in [-0.39, 0.29) is 23.2 Å². The van der Waals surface area contributed by atoms with E-state index >= 15 is 0 Å². The maximum Gasteiger partial charge on any atom is 0.337 e. The number of urea groups is 1. The summed E-state index contributed by atoms with van der Waals surface area (Å²) in [6.07, 6.45) is 0.830. The molecule has 1 aliphatic rings. The number of hydrogen-bond acceptors (Lipinski definition) is 3. The molecule has 0 aliphatic carbocycles. The molecule has 0 spiro atoms. The number of hydrogen-bond donors (Lipinski definition) is 4. The van der Waals surface area contributed by atoms with Gasteiger partial charge in [0, 0.05) is 19.0 Å². The van der Waals surface area contributed by atoms with Crippen LogP contribution in [0.5, 0.6) is 0 Å². The number of amides is 3. The van der Waals surface area contributed by atoms with Gasteiger partial charge >= 0.3 is 12.0 Å². The fraction of sp³-hybridized carbons (Fsp3) is 0.308. The molecule has 1 saturated heterocycles. The Labute approximate surface area is 119 Å². The van der Waals surface area contributed by atoms with Crippen molar-refractivity contribution in [2.45, 2.75) is 18.9 Å². The third-order valence-electron chi connectivity index (χ3n) is 3.06. The van der Waals surface area contributed by atoms with Crippen LogP contribution in [0.25, 0.3) is 0 Å². The average Bonchev–Trinajstić information content (AvgIpc) is 2.43. The molecule has 0 bridgehead atoms. The lowest BCUT2D eigenvalue weighted by atomic mass is 10.1. The molecule has 1 unspecified atom stereocenters. The van der Waals surface area contributed by atoms with E-state index in [9.17, 15) is 18.8 Å². The second-order valence-corrected chi connectivity index (χ2v) is 4.63. The van der Waals surface area contributed by atoms with Crippen molar-refractivity contribution in [1.29, 1.82) is 0 Å². The normalized spacial score (nSPS) is 17.8. The second-order valence-electron chi connectivity index (χ2n) is 4.63. The quantitative estimate of drug-likeness (QED) is 0.665. The van der Waals surface area contributed by atoms with E-state index in [1.165, 1.54) is 6.07 Å². The van der Waals surface area contributed by atoms with E-state index in [2.05, 4.69) is 16.0 Å². The summed E-state index contributed by atoms with van der Waals surface area (Å²) in [6, 6.07) is 2.24.